The van der Waals surface area contributed by atoms with E-state index in [9.17, 15) is 9.59 Å². The zero-order valence-corrected chi connectivity index (χ0v) is 13.2. The van der Waals surface area contributed by atoms with Gasteiger partial charge in [-0.1, -0.05) is 55.5 Å². The number of rotatable bonds is 6. The lowest BCUT2D eigenvalue weighted by Gasteiger charge is -2.16. The minimum Gasteiger partial charge on any atom is -0.309 e. The Labute approximate surface area is 131 Å². The van der Waals surface area contributed by atoms with Crippen molar-refractivity contribution in [2.45, 2.75) is 6.92 Å². The Morgan fingerprint density at radius 1 is 0.909 bits per heavy atom. The van der Waals surface area contributed by atoms with Gasteiger partial charge >= 0.3 is 0 Å². The summed E-state index contributed by atoms with van der Waals surface area (Å²) in [5.74, 6) is -0.0935. The standard InChI is InChI=1S/C19H21NO2/c1-14(13-20(2)3)18(21)16-10-7-11-17(12-16)19(22)15-8-5-4-6-9-15/h4-12,14H,13H2,1-3H3/t14-/m0/s1. The molecule has 2 aromatic rings. The summed E-state index contributed by atoms with van der Waals surface area (Å²) in [7, 11) is 3.89. The molecule has 114 valence electrons. The van der Waals surface area contributed by atoms with Crippen LogP contribution >= 0.6 is 0 Å². The first-order valence-corrected chi connectivity index (χ1v) is 7.38. The van der Waals surface area contributed by atoms with Gasteiger partial charge in [0.05, 0.1) is 0 Å². The summed E-state index contributed by atoms with van der Waals surface area (Å²) in [5.41, 5.74) is 1.78. The van der Waals surface area contributed by atoms with Gasteiger partial charge in [-0.3, -0.25) is 9.59 Å². The van der Waals surface area contributed by atoms with Crippen LogP contribution in [-0.4, -0.2) is 37.1 Å². The normalized spacial score (nSPS) is 12.2. The van der Waals surface area contributed by atoms with Gasteiger partial charge in [-0.2, -0.15) is 0 Å². The largest absolute Gasteiger partial charge is 0.309 e. The Bertz CT molecular complexity index is 662. The average Bonchev–Trinajstić information content (AvgIpc) is 2.53. The van der Waals surface area contributed by atoms with Crippen LogP contribution < -0.4 is 0 Å². The molecule has 2 aromatic carbocycles. The fraction of sp³-hybridized carbons (Fsp3) is 0.263. The molecule has 0 heterocycles. The van der Waals surface area contributed by atoms with E-state index in [1.54, 1.807) is 36.4 Å². The van der Waals surface area contributed by atoms with E-state index in [4.69, 9.17) is 0 Å². The van der Waals surface area contributed by atoms with Crippen LogP contribution in [0.5, 0.6) is 0 Å². The molecule has 0 aliphatic heterocycles. The molecular weight excluding hydrogens is 274 g/mol. The zero-order chi connectivity index (χ0) is 16.1. The van der Waals surface area contributed by atoms with Crippen molar-refractivity contribution in [2.75, 3.05) is 20.6 Å². The van der Waals surface area contributed by atoms with E-state index in [-0.39, 0.29) is 17.5 Å². The molecule has 0 unspecified atom stereocenters. The number of Topliss-reactive ketones (excluding diaryl/α,β-unsaturated/α-hetero) is 1. The highest BCUT2D eigenvalue weighted by Crippen LogP contribution is 2.15. The molecule has 0 aliphatic rings. The van der Waals surface area contributed by atoms with Crippen LogP contribution in [-0.2, 0) is 0 Å². The van der Waals surface area contributed by atoms with E-state index in [1.807, 2.05) is 44.1 Å². The fourth-order valence-corrected chi connectivity index (χ4v) is 2.49. The van der Waals surface area contributed by atoms with Crippen molar-refractivity contribution in [3.8, 4) is 0 Å². The molecule has 0 saturated carbocycles. The number of hydrogen-bond donors (Lipinski definition) is 0. The Morgan fingerprint density at radius 3 is 2.14 bits per heavy atom. The van der Waals surface area contributed by atoms with Crippen molar-refractivity contribution < 1.29 is 9.59 Å². The molecule has 1 atom stereocenters. The Balaban J connectivity index is 2.23. The SMILES string of the molecule is C[C@@H](CN(C)C)C(=O)c1cccc(C(=O)c2ccccc2)c1. The first-order valence-electron chi connectivity index (χ1n) is 7.38. The molecular formula is C19H21NO2. The molecule has 0 spiro atoms. The highest BCUT2D eigenvalue weighted by atomic mass is 16.1. The van der Waals surface area contributed by atoms with Gasteiger partial charge in [-0.25, -0.2) is 0 Å². The lowest BCUT2D eigenvalue weighted by molar-refractivity contribution is 0.0910. The Kier molecular flexibility index (Phi) is 5.23. The van der Waals surface area contributed by atoms with Gasteiger partial charge in [0.25, 0.3) is 0 Å². The van der Waals surface area contributed by atoms with Crippen LogP contribution in [0.3, 0.4) is 0 Å². The van der Waals surface area contributed by atoms with Crippen LogP contribution in [0, 0.1) is 5.92 Å². The number of benzene rings is 2. The molecule has 0 radical (unpaired) electrons. The van der Waals surface area contributed by atoms with E-state index < -0.39 is 0 Å². The summed E-state index contributed by atoms with van der Waals surface area (Å²) in [6.07, 6.45) is 0. The van der Waals surface area contributed by atoms with E-state index >= 15 is 0 Å². The predicted molar refractivity (Wildman–Crippen MR) is 88.4 cm³/mol. The van der Waals surface area contributed by atoms with Crippen molar-refractivity contribution in [1.82, 2.24) is 4.90 Å². The summed E-state index contributed by atoms with van der Waals surface area (Å²) >= 11 is 0. The summed E-state index contributed by atoms with van der Waals surface area (Å²) in [6, 6.07) is 16.1. The predicted octanol–water partition coefficient (Wildman–Crippen LogP) is 3.30. The van der Waals surface area contributed by atoms with Gasteiger partial charge in [0, 0.05) is 29.2 Å². The molecule has 3 heteroatoms. The van der Waals surface area contributed by atoms with Crippen LogP contribution in [0.15, 0.2) is 54.6 Å². The Hall–Kier alpha value is -2.26. The smallest absolute Gasteiger partial charge is 0.193 e. The van der Waals surface area contributed by atoms with Crippen LogP contribution in [0.1, 0.15) is 33.2 Å². The number of carbonyl (C=O) groups is 2. The maximum absolute atomic E-state index is 12.5. The maximum Gasteiger partial charge on any atom is 0.193 e. The maximum atomic E-state index is 12.5. The van der Waals surface area contributed by atoms with Gasteiger partial charge in [0.1, 0.15) is 0 Å². The van der Waals surface area contributed by atoms with E-state index in [0.29, 0.717) is 23.2 Å². The number of nitrogens with zero attached hydrogens (tertiary/aromatic N) is 1. The molecule has 0 saturated heterocycles. The lowest BCUT2D eigenvalue weighted by Crippen LogP contribution is -2.25. The van der Waals surface area contributed by atoms with Gasteiger partial charge in [-0.05, 0) is 20.2 Å². The third kappa shape index (κ3) is 3.89. The third-order valence-corrected chi connectivity index (χ3v) is 3.53. The van der Waals surface area contributed by atoms with E-state index in [0.717, 1.165) is 0 Å². The van der Waals surface area contributed by atoms with Crippen LogP contribution in [0.2, 0.25) is 0 Å². The third-order valence-electron chi connectivity index (χ3n) is 3.53. The molecule has 0 aromatic heterocycles. The highest BCUT2D eigenvalue weighted by Gasteiger charge is 2.17. The monoisotopic (exact) mass is 295 g/mol. The van der Waals surface area contributed by atoms with Gasteiger partial charge in [0.15, 0.2) is 11.6 Å². The van der Waals surface area contributed by atoms with Gasteiger partial charge in [0.2, 0.25) is 0 Å². The molecule has 0 fully saturated rings. The lowest BCUT2D eigenvalue weighted by atomic mass is 9.95. The topological polar surface area (TPSA) is 37.4 Å². The van der Waals surface area contributed by atoms with Crippen LogP contribution in [0.25, 0.3) is 0 Å². The zero-order valence-electron chi connectivity index (χ0n) is 13.2. The minimum atomic E-state index is -0.0999. The molecule has 0 amide bonds. The van der Waals surface area contributed by atoms with Crippen molar-refractivity contribution in [2.24, 2.45) is 5.92 Å². The molecule has 0 N–H and O–H groups in total. The summed E-state index contributed by atoms with van der Waals surface area (Å²) in [4.78, 5) is 26.9. The van der Waals surface area contributed by atoms with Crippen molar-refractivity contribution in [3.05, 3.63) is 71.3 Å². The van der Waals surface area contributed by atoms with Crippen molar-refractivity contribution in [3.63, 3.8) is 0 Å². The van der Waals surface area contributed by atoms with Crippen LogP contribution in [0.4, 0.5) is 0 Å². The fourth-order valence-electron chi connectivity index (χ4n) is 2.49. The molecule has 2 rings (SSSR count). The quantitative estimate of drug-likeness (QED) is 0.767. The van der Waals surface area contributed by atoms with Gasteiger partial charge in [-0.15, -0.1) is 0 Å². The van der Waals surface area contributed by atoms with E-state index in [1.165, 1.54) is 0 Å². The van der Waals surface area contributed by atoms with Crippen molar-refractivity contribution in [1.29, 1.82) is 0 Å². The molecule has 3 nitrogen and oxygen atoms in total. The summed E-state index contributed by atoms with van der Waals surface area (Å²) in [6.45, 7) is 2.60. The number of carbonyl (C=O) groups excluding carboxylic acids is 2. The molecule has 22 heavy (non-hydrogen) atoms. The summed E-state index contributed by atoms with van der Waals surface area (Å²) < 4.78 is 0. The molecule has 0 aliphatic carbocycles. The van der Waals surface area contributed by atoms with Gasteiger partial charge < -0.3 is 4.90 Å². The Morgan fingerprint density at radius 2 is 1.50 bits per heavy atom. The first-order chi connectivity index (χ1) is 10.5. The second-order valence-electron chi connectivity index (χ2n) is 5.80. The second kappa shape index (κ2) is 7.14. The highest BCUT2D eigenvalue weighted by molar-refractivity contribution is 6.10. The number of ketones is 2. The first kappa shape index (κ1) is 16.1. The average molecular weight is 295 g/mol. The minimum absolute atomic E-state index is 0.0597. The molecule has 0 bridgehead atoms. The van der Waals surface area contributed by atoms with Crippen molar-refractivity contribution >= 4 is 11.6 Å². The second-order valence-corrected chi connectivity index (χ2v) is 5.80. The number of hydrogen-bond acceptors (Lipinski definition) is 3. The summed E-state index contributed by atoms with van der Waals surface area (Å²) in [5, 5.41) is 0. The van der Waals surface area contributed by atoms with E-state index in [2.05, 4.69) is 0 Å².